The van der Waals surface area contributed by atoms with Crippen molar-refractivity contribution in [2.75, 3.05) is 6.54 Å². The summed E-state index contributed by atoms with van der Waals surface area (Å²) in [5.74, 6) is 0.138. The molecule has 96 valence electrons. The Morgan fingerprint density at radius 2 is 2.24 bits per heavy atom. The van der Waals surface area contributed by atoms with Crippen LogP contribution in [0, 0.1) is 5.92 Å². The maximum absolute atomic E-state index is 14.7. The highest BCUT2D eigenvalue weighted by atomic mass is 79.9. The van der Waals surface area contributed by atoms with Crippen LogP contribution >= 0.6 is 15.9 Å². The maximum atomic E-state index is 14.7. The van der Waals surface area contributed by atoms with Gasteiger partial charge in [-0.25, -0.2) is 4.39 Å². The Balaban J connectivity index is 2.25. The third kappa shape index (κ3) is 2.40. The van der Waals surface area contributed by atoms with Crippen LogP contribution in [0.4, 0.5) is 4.39 Å². The Morgan fingerprint density at radius 3 is 2.65 bits per heavy atom. The van der Waals surface area contributed by atoms with Crippen LogP contribution in [0.3, 0.4) is 0 Å². The van der Waals surface area contributed by atoms with Gasteiger partial charge in [0.25, 0.3) is 0 Å². The highest BCUT2D eigenvalue weighted by Gasteiger charge is 2.45. The third-order valence-electron chi connectivity index (χ3n) is 3.61. The lowest BCUT2D eigenvalue weighted by molar-refractivity contribution is 0.139. The van der Waals surface area contributed by atoms with Crippen molar-refractivity contribution < 1.29 is 4.39 Å². The predicted octanol–water partition coefficient (Wildman–Crippen LogP) is 2.36. The van der Waals surface area contributed by atoms with Gasteiger partial charge in [-0.3, -0.25) is 4.68 Å². The maximum Gasteiger partial charge on any atom is 0.131 e. The Kier molecular flexibility index (Phi) is 3.59. The molecule has 0 saturated heterocycles. The van der Waals surface area contributed by atoms with Gasteiger partial charge in [0.05, 0.1) is 15.9 Å². The van der Waals surface area contributed by atoms with Crippen LogP contribution in [-0.4, -0.2) is 22.0 Å². The monoisotopic (exact) mass is 303 g/mol. The first kappa shape index (κ1) is 13.0. The van der Waals surface area contributed by atoms with Gasteiger partial charge >= 0.3 is 0 Å². The Hall–Kier alpha value is -0.420. The lowest BCUT2D eigenvalue weighted by Gasteiger charge is -2.23. The van der Waals surface area contributed by atoms with E-state index in [1.807, 2.05) is 14.0 Å². The topological polar surface area (TPSA) is 43.8 Å². The van der Waals surface area contributed by atoms with Crippen LogP contribution in [0.15, 0.2) is 4.47 Å². The summed E-state index contributed by atoms with van der Waals surface area (Å²) in [6.07, 6.45) is 3.13. The summed E-state index contributed by atoms with van der Waals surface area (Å²) in [6, 6.07) is 0. The normalized spacial score (nSPS) is 19.4. The molecular formula is C12H19BrFN3. The van der Waals surface area contributed by atoms with Crippen LogP contribution < -0.4 is 5.73 Å². The minimum atomic E-state index is -1.26. The molecule has 0 radical (unpaired) electrons. The van der Waals surface area contributed by atoms with E-state index >= 15 is 0 Å². The van der Waals surface area contributed by atoms with E-state index in [9.17, 15) is 4.39 Å². The molecule has 0 aromatic carbocycles. The molecular weight excluding hydrogens is 285 g/mol. The molecule has 0 spiro atoms. The van der Waals surface area contributed by atoms with Gasteiger partial charge < -0.3 is 5.73 Å². The SMILES string of the molecule is CCc1nn(C)c(CC(F)(CN)C2CC2)c1Br. The first-order valence-electron chi connectivity index (χ1n) is 6.11. The van der Waals surface area contributed by atoms with E-state index in [0.29, 0.717) is 6.42 Å². The molecule has 3 nitrogen and oxygen atoms in total. The van der Waals surface area contributed by atoms with Gasteiger partial charge in [-0.2, -0.15) is 5.10 Å². The number of nitrogens with two attached hydrogens (primary N) is 1. The molecule has 1 unspecified atom stereocenters. The molecule has 1 atom stereocenters. The van der Waals surface area contributed by atoms with Crippen molar-refractivity contribution in [1.29, 1.82) is 0 Å². The Bertz CT molecular complexity index is 414. The lowest BCUT2D eigenvalue weighted by atomic mass is 9.94. The van der Waals surface area contributed by atoms with Gasteiger partial charge in [0.2, 0.25) is 0 Å². The fourth-order valence-corrected chi connectivity index (χ4v) is 3.03. The summed E-state index contributed by atoms with van der Waals surface area (Å²) in [5.41, 5.74) is 6.25. The number of rotatable bonds is 5. The molecule has 5 heteroatoms. The molecule has 1 aromatic heterocycles. The average Bonchev–Trinajstić information content (AvgIpc) is 3.12. The summed E-state index contributed by atoms with van der Waals surface area (Å²) in [7, 11) is 1.86. The standard InChI is InChI=1S/C12H19BrFN3/c1-3-9-11(13)10(17(2)16-9)6-12(14,7-15)8-4-5-8/h8H,3-7,15H2,1-2H3. The summed E-state index contributed by atoms with van der Waals surface area (Å²) in [6.45, 7) is 2.14. The number of nitrogens with zero attached hydrogens (tertiary/aromatic N) is 2. The van der Waals surface area contributed by atoms with Gasteiger partial charge in [-0.05, 0) is 41.1 Å². The molecule has 1 aliphatic carbocycles. The number of alkyl halides is 1. The number of halogens is 2. The second-order valence-corrected chi connectivity index (χ2v) is 5.67. The second-order valence-electron chi connectivity index (χ2n) is 4.87. The van der Waals surface area contributed by atoms with E-state index in [-0.39, 0.29) is 12.5 Å². The van der Waals surface area contributed by atoms with E-state index in [4.69, 9.17) is 5.73 Å². The van der Waals surface area contributed by atoms with Crippen LogP contribution in [0.5, 0.6) is 0 Å². The van der Waals surface area contributed by atoms with E-state index in [1.165, 1.54) is 0 Å². The van der Waals surface area contributed by atoms with Crippen molar-refractivity contribution in [3.8, 4) is 0 Å². The molecule has 0 bridgehead atoms. The molecule has 1 heterocycles. The number of hydrogen-bond donors (Lipinski definition) is 1. The van der Waals surface area contributed by atoms with Crippen LogP contribution in [0.2, 0.25) is 0 Å². The van der Waals surface area contributed by atoms with Gasteiger partial charge in [0.15, 0.2) is 0 Å². The Labute approximate surface area is 110 Å². The molecule has 17 heavy (non-hydrogen) atoms. The van der Waals surface area contributed by atoms with Gasteiger partial charge in [-0.1, -0.05) is 6.92 Å². The van der Waals surface area contributed by atoms with Crippen molar-refractivity contribution in [2.24, 2.45) is 18.7 Å². The summed E-state index contributed by atoms with van der Waals surface area (Å²) in [4.78, 5) is 0. The first-order valence-corrected chi connectivity index (χ1v) is 6.90. The van der Waals surface area contributed by atoms with E-state index in [0.717, 1.165) is 35.1 Å². The predicted molar refractivity (Wildman–Crippen MR) is 69.6 cm³/mol. The molecule has 2 N–H and O–H groups in total. The number of hydrogen-bond acceptors (Lipinski definition) is 2. The van der Waals surface area contributed by atoms with Crippen molar-refractivity contribution >= 4 is 15.9 Å². The van der Waals surface area contributed by atoms with Crippen LogP contribution in [0.25, 0.3) is 0 Å². The van der Waals surface area contributed by atoms with Crippen molar-refractivity contribution in [1.82, 2.24) is 9.78 Å². The summed E-state index contributed by atoms with van der Waals surface area (Å²) < 4.78 is 17.4. The van der Waals surface area contributed by atoms with Gasteiger partial charge in [0, 0.05) is 20.0 Å². The molecule has 1 aliphatic rings. The third-order valence-corrected chi connectivity index (χ3v) is 4.53. The van der Waals surface area contributed by atoms with E-state index in [2.05, 4.69) is 21.0 Å². The molecule has 1 aromatic rings. The highest BCUT2D eigenvalue weighted by molar-refractivity contribution is 9.10. The summed E-state index contributed by atoms with van der Waals surface area (Å²) >= 11 is 3.52. The molecule has 0 amide bonds. The minimum Gasteiger partial charge on any atom is -0.328 e. The first-order chi connectivity index (χ1) is 8.01. The van der Waals surface area contributed by atoms with Crippen molar-refractivity contribution in [3.05, 3.63) is 15.9 Å². The average molecular weight is 304 g/mol. The second kappa shape index (κ2) is 4.69. The lowest BCUT2D eigenvalue weighted by Crippen LogP contribution is -2.38. The zero-order chi connectivity index (χ0) is 12.6. The molecule has 1 fully saturated rings. The fraction of sp³-hybridized carbons (Fsp3) is 0.750. The number of aryl methyl sites for hydroxylation is 2. The van der Waals surface area contributed by atoms with E-state index in [1.54, 1.807) is 4.68 Å². The largest absolute Gasteiger partial charge is 0.328 e. The number of aromatic nitrogens is 2. The quantitative estimate of drug-likeness (QED) is 0.907. The van der Waals surface area contributed by atoms with Crippen molar-refractivity contribution in [3.63, 3.8) is 0 Å². The molecule has 1 saturated carbocycles. The highest BCUT2D eigenvalue weighted by Crippen LogP contribution is 2.44. The molecule has 0 aliphatic heterocycles. The Morgan fingerprint density at radius 1 is 1.59 bits per heavy atom. The van der Waals surface area contributed by atoms with Gasteiger partial charge in [-0.15, -0.1) is 0 Å². The van der Waals surface area contributed by atoms with Gasteiger partial charge in [0.1, 0.15) is 5.67 Å². The zero-order valence-corrected chi connectivity index (χ0v) is 11.9. The summed E-state index contributed by atoms with van der Waals surface area (Å²) in [5, 5.41) is 4.39. The smallest absolute Gasteiger partial charge is 0.131 e. The zero-order valence-electron chi connectivity index (χ0n) is 10.3. The van der Waals surface area contributed by atoms with Crippen molar-refractivity contribution in [2.45, 2.75) is 38.3 Å². The van der Waals surface area contributed by atoms with Crippen LogP contribution in [0.1, 0.15) is 31.2 Å². The minimum absolute atomic E-state index is 0.0940. The molecule has 2 rings (SSSR count). The fourth-order valence-electron chi connectivity index (χ4n) is 2.27. The van der Waals surface area contributed by atoms with Crippen LogP contribution in [-0.2, 0) is 19.9 Å². The van der Waals surface area contributed by atoms with E-state index < -0.39 is 5.67 Å².